The molecule has 0 heterocycles. The molecule has 0 aliphatic carbocycles. The molecule has 0 amide bonds. The maximum atomic E-state index is 8.36. The van der Waals surface area contributed by atoms with Crippen molar-refractivity contribution in [3.63, 3.8) is 0 Å². The summed E-state index contributed by atoms with van der Waals surface area (Å²) in [6, 6.07) is 0. The van der Waals surface area contributed by atoms with Crippen molar-refractivity contribution in [2.24, 2.45) is 0 Å². The largest absolute Gasteiger partial charge is 1.00 e. The molecule has 0 spiro atoms. The van der Waals surface area contributed by atoms with E-state index in [1.807, 2.05) is 0 Å². The fourth-order valence-electron chi connectivity index (χ4n) is 0. The first kappa shape index (κ1) is 8.93. The van der Waals surface area contributed by atoms with Crippen molar-refractivity contribution in [1.82, 2.24) is 0 Å². The van der Waals surface area contributed by atoms with Crippen LogP contribution in [0, 0.1) is 10.1 Å². The van der Waals surface area contributed by atoms with Crippen LogP contribution in [0.2, 0.25) is 0 Å². The first-order valence-electron chi connectivity index (χ1n) is 0.565. The van der Waals surface area contributed by atoms with E-state index < -0.39 is 5.09 Å². The van der Waals surface area contributed by atoms with E-state index in [9.17, 15) is 0 Å². The Morgan fingerprint density at radius 3 is 1.80 bits per heavy atom. The van der Waals surface area contributed by atoms with Gasteiger partial charge >= 0.3 is 27.3 Å². The average Bonchev–Trinajstić information content (AvgIpc) is 0.811. The molecule has 0 aliphatic rings. The Kier molecular flexibility index (Phi) is 7.36. The van der Waals surface area contributed by atoms with E-state index >= 15 is 0 Å². The Labute approximate surface area is 48.1 Å². The second-order valence-corrected chi connectivity index (χ2v) is 0.238. The second kappa shape index (κ2) is 4.12. The van der Waals surface area contributed by atoms with Crippen molar-refractivity contribution in [3.05, 3.63) is 10.1 Å². The van der Waals surface area contributed by atoms with Gasteiger partial charge in [0.2, 0.25) is 0 Å². The molecule has 0 aromatic heterocycles. The van der Waals surface area contributed by atoms with Crippen molar-refractivity contribution in [2.45, 2.75) is 0 Å². The summed E-state index contributed by atoms with van der Waals surface area (Å²) >= 11 is 0. The zero-order valence-corrected chi connectivity index (χ0v) is 6.78. The van der Waals surface area contributed by atoms with Crippen LogP contribution in [0.5, 0.6) is 0 Å². The van der Waals surface area contributed by atoms with Crippen LogP contribution in [0.1, 0.15) is 0 Å². The van der Waals surface area contributed by atoms with E-state index in [-0.39, 0.29) is 27.3 Å². The van der Waals surface area contributed by atoms with E-state index in [0.29, 0.717) is 0 Å². The molecule has 0 aromatic rings. The molecule has 26 valence electrons. The van der Waals surface area contributed by atoms with Crippen LogP contribution in [0.15, 0.2) is 0 Å². The van der Waals surface area contributed by atoms with Crippen LogP contribution < -0.4 is 0 Å². The Bertz CT molecular complexity index is 29.9. The molecule has 0 unspecified atom stereocenters. The summed E-state index contributed by atoms with van der Waals surface area (Å²) in [5.74, 6) is 0. The van der Waals surface area contributed by atoms with Gasteiger partial charge in [-0.2, -0.15) is 0 Å². The average molecular weight is 267 g/mol. The van der Waals surface area contributed by atoms with E-state index in [1.165, 1.54) is 0 Å². The summed E-state index contributed by atoms with van der Waals surface area (Å²) < 4.78 is 0. The first-order chi connectivity index (χ1) is 1.73. The van der Waals surface area contributed by atoms with Crippen molar-refractivity contribution in [2.75, 3.05) is 0 Å². The Balaban J connectivity index is 0. The van der Waals surface area contributed by atoms with Crippen LogP contribution >= 0.6 is 0 Å². The van der Waals surface area contributed by atoms with Crippen LogP contribution in [0.3, 0.4) is 0 Å². The number of hydrogen-bond donors (Lipinski definition) is 1. The molecule has 0 fully saturated rings. The molecule has 0 aliphatic heterocycles. The zero-order chi connectivity index (χ0) is 3.58. The van der Waals surface area contributed by atoms with Gasteiger partial charge < -0.3 is 5.21 Å². The van der Waals surface area contributed by atoms with Crippen LogP contribution in [-0.2, 0) is 0 Å². The third kappa shape index (κ3) is 1250. The Morgan fingerprint density at radius 2 is 1.80 bits per heavy atom. The van der Waals surface area contributed by atoms with Gasteiger partial charge in [0, 0.05) is 0 Å². The van der Waals surface area contributed by atoms with Gasteiger partial charge in [0.15, 0.2) is 0 Å². The SMILES string of the molecule is O=[N+]([O-])O.[Tl+]. The number of rotatable bonds is 0. The molecule has 5 heteroatoms. The second-order valence-electron chi connectivity index (χ2n) is 0.238. The molecule has 0 aromatic carbocycles. The molecule has 4 nitrogen and oxygen atoms in total. The van der Waals surface area contributed by atoms with Crippen molar-refractivity contribution >= 4 is 27.3 Å². The molecule has 1 N–H and O–H groups in total. The molecule has 0 saturated heterocycles. The topological polar surface area (TPSA) is 63.4 Å². The third-order valence-corrected chi connectivity index (χ3v) is 0. The summed E-state index contributed by atoms with van der Waals surface area (Å²) in [5.41, 5.74) is 0. The molecule has 0 atom stereocenters. The maximum absolute atomic E-state index is 8.36. The quantitative estimate of drug-likeness (QED) is 0.358. The van der Waals surface area contributed by atoms with Gasteiger partial charge in [0.05, 0.1) is 0 Å². The van der Waals surface area contributed by atoms with Gasteiger partial charge in [-0.15, -0.1) is 10.1 Å². The molecule has 0 saturated carbocycles. The van der Waals surface area contributed by atoms with Gasteiger partial charge in [-0.3, -0.25) is 0 Å². The fraction of sp³-hybridized carbons (Fsp3) is 0. The van der Waals surface area contributed by atoms with Gasteiger partial charge in [-0.25, -0.2) is 0 Å². The Hall–Kier alpha value is 0.122. The summed E-state index contributed by atoms with van der Waals surface area (Å²) in [6.45, 7) is 0. The smallest absolute Gasteiger partial charge is 0.328 e. The Morgan fingerprint density at radius 1 is 1.80 bits per heavy atom. The summed E-state index contributed by atoms with van der Waals surface area (Å²) in [4.78, 5) is 8.36. The molecule has 0 rings (SSSR count). The molecule has 0 bridgehead atoms. The van der Waals surface area contributed by atoms with E-state index in [4.69, 9.17) is 15.3 Å². The van der Waals surface area contributed by atoms with Gasteiger partial charge in [-0.1, -0.05) is 0 Å². The van der Waals surface area contributed by atoms with Gasteiger partial charge in [-0.05, 0) is 0 Å². The van der Waals surface area contributed by atoms with Crippen LogP contribution in [-0.4, -0.2) is 37.6 Å². The standard InChI is InChI=1S/HNO3.Tl/c2-1(3)4;/h(H,2,3,4);/q;+1. The fourth-order valence-corrected chi connectivity index (χ4v) is 0. The predicted octanol–water partition coefficient (Wildman–Crippen LogP) is -0.729. The minimum absolute atomic E-state index is 0. The summed E-state index contributed by atoms with van der Waals surface area (Å²) in [6.07, 6.45) is 0. The zero-order valence-electron chi connectivity index (χ0n) is 2.29. The van der Waals surface area contributed by atoms with E-state index in [2.05, 4.69) is 0 Å². The maximum Gasteiger partial charge on any atom is 1.00 e. The van der Waals surface area contributed by atoms with E-state index in [1.54, 1.807) is 0 Å². The van der Waals surface area contributed by atoms with E-state index in [0.717, 1.165) is 0 Å². The molecule has 0 radical (unpaired) electrons. The predicted molar refractivity (Wildman–Crippen MR) is 14.5 cm³/mol. The van der Waals surface area contributed by atoms with Crippen molar-refractivity contribution < 1.29 is 10.3 Å². The molecular formula is HNO3Tl+. The van der Waals surface area contributed by atoms with Crippen LogP contribution in [0.4, 0.5) is 0 Å². The monoisotopic (exact) mass is 268 g/mol. The minimum Gasteiger partial charge on any atom is -0.328 e. The number of nitrogens with zero attached hydrogens (tertiary/aromatic N) is 1. The van der Waals surface area contributed by atoms with Crippen LogP contribution in [0.25, 0.3) is 0 Å². The molecule has 5 heavy (non-hydrogen) atoms. The molecular weight excluding hydrogens is 266 g/mol. The third-order valence-electron chi connectivity index (χ3n) is 0. The minimum atomic E-state index is -1.50. The normalized spacial score (nSPS) is 4.80. The summed E-state index contributed by atoms with van der Waals surface area (Å²) in [7, 11) is 0. The summed E-state index contributed by atoms with van der Waals surface area (Å²) in [5, 5.41) is 13.6. The van der Waals surface area contributed by atoms with Gasteiger partial charge in [0.1, 0.15) is 0 Å². The van der Waals surface area contributed by atoms with Crippen molar-refractivity contribution in [3.8, 4) is 0 Å². The van der Waals surface area contributed by atoms with Crippen molar-refractivity contribution in [1.29, 1.82) is 0 Å². The first-order valence-corrected chi connectivity index (χ1v) is 0.565. The van der Waals surface area contributed by atoms with Gasteiger partial charge in [0.25, 0.3) is 5.09 Å². The number of hydrogen-bond acceptors (Lipinski definition) is 2.